The fraction of sp³-hybridized carbons (Fsp3) is 0.235. The number of rotatable bonds is 4. The van der Waals surface area contributed by atoms with Crippen molar-refractivity contribution in [3.63, 3.8) is 0 Å². The molecule has 0 aliphatic heterocycles. The Kier molecular flexibility index (Phi) is 5.27. The number of hydrogen-bond acceptors (Lipinski definition) is 5. The largest absolute Gasteiger partial charge is 0.573 e. The highest BCUT2D eigenvalue weighted by atomic mass is 19.4. The third kappa shape index (κ3) is 4.47. The number of ether oxygens (including phenoxy) is 1. The van der Waals surface area contributed by atoms with E-state index in [1.807, 2.05) is 0 Å². The van der Waals surface area contributed by atoms with Gasteiger partial charge < -0.3 is 4.74 Å². The van der Waals surface area contributed by atoms with E-state index in [0.717, 1.165) is 0 Å². The minimum absolute atomic E-state index is 0.0454. The van der Waals surface area contributed by atoms with Gasteiger partial charge in [0.1, 0.15) is 11.6 Å². The number of carbonyl (C=O) groups excluding carboxylic acids is 1. The first-order valence-electron chi connectivity index (χ1n) is 7.11. The molecule has 0 N–H and O–H groups in total. The van der Waals surface area contributed by atoms with E-state index in [9.17, 15) is 18.0 Å². The van der Waals surface area contributed by atoms with Crippen molar-refractivity contribution in [2.75, 3.05) is 11.9 Å². The van der Waals surface area contributed by atoms with E-state index in [1.165, 1.54) is 24.3 Å². The maximum atomic E-state index is 12.2. The molecule has 130 valence electrons. The highest BCUT2D eigenvalue weighted by Gasteiger charge is 2.31. The number of hydrogen-bond donors (Lipinski definition) is 0. The molecule has 1 heterocycles. The molecule has 25 heavy (non-hydrogen) atoms. The van der Waals surface area contributed by atoms with Gasteiger partial charge in [0, 0.05) is 24.2 Å². The summed E-state index contributed by atoms with van der Waals surface area (Å²) < 4.78 is 40.6. The lowest BCUT2D eigenvalue weighted by molar-refractivity contribution is -0.274. The molecule has 8 heteroatoms. The summed E-state index contributed by atoms with van der Waals surface area (Å²) in [5, 5.41) is 0. The molecule has 1 aromatic heterocycles. The summed E-state index contributed by atoms with van der Waals surface area (Å²) in [5.74, 6) is 2.78. The van der Waals surface area contributed by atoms with Gasteiger partial charge in [-0.3, -0.25) is 9.69 Å². The molecule has 0 radical (unpaired) electrons. The second-order valence-electron chi connectivity index (χ2n) is 4.99. The van der Waals surface area contributed by atoms with Gasteiger partial charge >= 0.3 is 6.36 Å². The minimum atomic E-state index is -4.76. The average Bonchev–Trinajstić information content (AvgIpc) is 2.54. The third-order valence-corrected chi connectivity index (χ3v) is 3.20. The number of nitrogens with zero attached hydrogens (tertiary/aromatic N) is 3. The molecule has 0 aliphatic carbocycles. The Morgan fingerprint density at radius 1 is 1.20 bits per heavy atom. The summed E-state index contributed by atoms with van der Waals surface area (Å²) in [5.41, 5.74) is 1.59. The number of anilines is 1. The average molecular weight is 349 g/mol. The molecule has 0 saturated carbocycles. The minimum Gasteiger partial charge on any atom is -0.406 e. The van der Waals surface area contributed by atoms with E-state index >= 15 is 0 Å². The summed E-state index contributed by atoms with van der Waals surface area (Å²) in [6.45, 7) is 3.40. The van der Waals surface area contributed by atoms with Crippen LogP contribution < -0.4 is 9.64 Å². The van der Waals surface area contributed by atoms with Crippen LogP contribution in [-0.4, -0.2) is 29.7 Å². The molecule has 0 amide bonds. The first kappa shape index (κ1) is 18.3. The molecule has 1 aromatic carbocycles. The van der Waals surface area contributed by atoms with E-state index in [0.29, 0.717) is 28.9 Å². The number of benzene rings is 1. The Labute approximate surface area is 142 Å². The quantitative estimate of drug-likeness (QED) is 0.480. The van der Waals surface area contributed by atoms with Crippen molar-refractivity contribution in [1.29, 1.82) is 0 Å². The van der Waals surface area contributed by atoms with Crippen LogP contribution in [0.15, 0.2) is 24.3 Å². The predicted molar refractivity (Wildman–Crippen MR) is 86.1 cm³/mol. The van der Waals surface area contributed by atoms with Crippen molar-refractivity contribution in [3.05, 3.63) is 35.7 Å². The van der Waals surface area contributed by atoms with Crippen LogP contribution in [0.2, 0.25) is 0 Å². The highest BCUT2D eigenvalue weighted by Crippen LogP contribution is 2.30. The molecule has 2 rings (SSSR count). The number of aldehydes is 1. The maximum Gasteiger partial charge on any atom is 0.573 e. The van der Waals surface area contributed by atoms with Gasteiger partial charge in [-0.2, -0.15) is 0 Å². The fourth-order valence-electron chi connectivity index (χ4n) is 2.22. The molecule has 0 unspecified atom stereocenters. The zero-order chi connectivity index (χ0) is 18.6. The number of alkyl halides is 3. The van der Waals surface area contributed by atoms with E-state index in [4.69, 9.17) is 0 Å². The monoisotopic (exact) mass is 349 g/mol. The van der Waals surface area contributed by atoms with Crippen LogP contribution in [0.5, 0.6) is 5.75 Å². The van der Waals surface area contributed by atoms with Gasteiger partial charge in [0.25, 0.3) is 0 Å². The number of halogens is 3. The Morgan fingerprint density at radius 2 is 1.84 bits per heavy atom. The topological polar surface area (TPSA) is 55.3 Å². The molecule has 5 nitrogen and oxygen atoms in total. The summed E-state index contributed by atoms with van der Waals surface area (Å²) in [4.78, 5) is 21.0. The lowest BCUT2D eigenvalue weighted by Gasteiger charge is -2.16. The van der Waals surface area contributed by atoms with Crippen LogP contribution in [0.4, 0.5) is 19.0 Å². The lowest BCUT2D eigenvalue weighted by Crippen LogP contribution is -2.17. The number of aromatic nitrogens is 2. The van der Waals surface area contributed by atoms with Crippen LogP contribution in [0.25, 0.3) is 11.3 Å². The van der Waals surface area contributed by atoms with Crippen molar-refractivity contribution in [3.8, 4) is 29.0 Å². The predicted octanol–water partition coefficient (Wildman–Crippen LogP) is 3.58. The van der Waals surface area contributed by atoms with Crippen molar-refractivity contribution < 1.29 is 22.7 Å². The zero-order valence-electron chi connectivity index (χ0n) is 13.7. The second-order valence-corrected chi connectivity index (χ2v) is 4.99. The molecule has 0 spiro atoms. The SMILES string of the molecule is CC#CN(C)c1nc(C=O)nc(-c2ccc(OC(F)(F)F)cc2)c1C. The summed E-state index contributed by atoms with van der Waals surface area (Å²) in [6.07, 6.45) is -4.26. The summed E-state index contributed by atoms with van der Waals surface area (Å²) >= 11 is 0. The number of carbonyl (C=O) groups is 1. The summed E-state index contributed by atoms with van der Waals surface area (Å²) in [7, 11) is 1.68. The van der Waals surface area contributed by atoms with E-state index < -0.39 is 6.36 Å². The van der Waals surface area contributed by atoms with E-state index in [-0.39, 0.29) is 11.6 Å². The first-order chi connectivity index (χ1) is 11.7. The molecular weight excluding hydrogens is 335 g/mol. The van der Waals surface area contributed by atoms with Crippen molar-refractivity contribution in [2.45, 2.75) is 20.2 Å². The molecule has 0 fully saturated rings. The Hall–Kier alpha value is -3.08. The van der Waals surface area contributed by atoms with Gasteiger partial charge in [-0.15, -0.1) is 13.2 Å². The van der Waals surface area contributed by atoms with Gasteiger partial charge in [-0.05, 0) is 38.1 Å². The van der Waals surface area contributed by atoms with Crippen molar-refractivity contribution >= 4 is 12.1 Å². The zero-order valence-corrected chi connectivity index (χ0v) is 13.7. The highest BCUT2D eigenvalue weighted by molar-refractivity contribution is 5.76. The lowest BCUT2D eigenvalue weighted by atomic mass is 10.1. The van der Waals surface area contributed by atoms with E-state index in [1.54, 1.807) is 25.8 Å². The van der Waals surface area contributed by atoms with Crippen LogP contribution in [0, 0.1) is 18.9 Å². The van der Waals surface area contributed by atoms with Gasteiger partial charge in [0.15, 0.2) is 12.1 Å². The van der Waals surface area contributed by atoms with Gasteiger partial charge in [-0.25, -0.2) is 9.97 Å². The van der Waals surface area contributed by atoms with Crippen LogP contribution in [0.1, 0.15) is 23.1 Å². The first-order valence-corrected chi connectivity index (χ1v) is 7.11. The molecule has 0 atom stereocenters. The fourth-order valence-corrected chi connectivity index (χ4v) is 2.22. The summed E-state index contributed by atoms with van der Waals surface area (Å²) in [6, 6.07) is 8.02. The normalized spacial score (nSPS) is 10.6. The van der Waals surface area contributed by atoms with Gasteiger partial charge in [-0.1, -0.05) is 5.92 Å². The molecule has 0 saturated heterocycles. The molecular formula is C17H14F3N3O2. The van der Waals surface area contributed by atoms with Crippen LogP contribution >= 0.6 is 0 Å². The Morgan fingerprint density at radius 3 is 2.36 bits per heavy atom. The molecule has 0 bridgehead atoms. The van der Waals surface area contributed by atoms with Gasteiger partial charge in [0.05, 0.1) is 5.69 Å². The van der Waals surface area contributed by atoms with Crippen molar-refractivity contribution in [2.24, 2.45) is 0 Å². The maximum absolute atomic E-state index is 12.2. The smallest absolute Gasteiger partial charge is 0.406 e. The van der Waals surface area contributed by atoms with E-state index in [2.05, 4.69) is 26.7 Å². The van der Waals surface area contributed by atoms with Crippen LogP contribution in [-0.2, 0) is 0 Å². The second kappa shape index (κ2) is 7.21. The standard InChI is InChI=1S/C17H14F3N3O2/c1-4-9-23(3)16-11(2)15(21-14(10-24)22-16)12-5-7-13(8-6-12)25-17(18,19)20/h5-8,10H,1-3H3. The Balaban J connectivity index is 2.49. The third-order valence-electron chi connectivity index (χ3n) is 3.20. The van der Waals surface area contributed by atoms with Crippen molar-refractivity contribution in [1.82, 2.24) is 9.97 Å². The van der Waals surface area contributed by atoms with Crippen LogP contribution in [0.3, 0.4) is 0 Å². The Bertz CT molecular complexity index is 837. The van der Waals surface area contributed by atoms with Gasteiger partial charge in [0.2, 0.25) is 0 Å². The molecule has 0 aliphatic rings. The molecule has 2 aromatic rings.